The number of nitrogens with one attached hydrogen (secondary N) is 1. The number of amides is 1. The van der Waals surface area contributed by atoms with E-state index in [2.05, 4.69) is 10.5 Å². The molecule has 2 heterocycles. The van der Waals surface area contributed by atoms with Crippen molar-refractivity contribution in [2.24, 2.45) is 0 Å². The Labute approximate surface area is 142 Å². The van der Waals surface area contributed by atoms with Crippen molar-refractivity contribution in [3.8, 4) is 10.6 Å². The Morgan fingerprint density at radius 2 is 2.13 bits per heavy atom. The van der Waals surface area contributed by atoms with Gasteiger partial charge in [-0.3, -0.25) is 4.79 Å². The summed E-state index contributed by atoms with van der Waals surface area (Å²) in [5.74, 6) is 0.641. The first kappa shape index (κ1) is 14.5. The van der Waals surface area contributed by atoms with E-state index in [1.165, 1.54) is 0 Å². The second-order valence-electron chi connectivity index (χ2n) is 5.60. The van der Waals surface area contributed by atoms with Crippen LogP contribution in [0, 0.1) is 0 Å². The lowest BCUT2D eigenvalue weighted by Crippen LogP contribution is -2.28. The fourth-order valence-electron chi connectivity index (χ4n) is 2.58. The highest BCUT2D eigenvalue weighted by molar-refractivity contribution is 7.13. The Hall–Kier alpha value is -2.11. The van der Waals surface area contributed by atoms with Gasteiger partial charge in [0.25, 0.3) is 0 Å². The Kier molecular flexibility index (Phi) is 3.47. The highest BCUT2D eigenvalue weighted by Gasteiger charge is 2.53. The van der Waals surface area contributed by atoms with Crippen LogP contribution in [0.1, 0.15) is 18.5 Å². The lowest BCUT2D eigenvalue weighted by molar-refractivity contribution is -0.118. The minimum absolute atomic E-state index is 0.0641. The van der Waals surface area contributed by atoms with Crippen LogP contribution in [0.5, 0.6) is 0 Å². The smallest absolute Gasteiger partial charge is 0.236 e. The molecule has 3 aromatic rings. The van der Waals surface area contributed by atoms with Gasteiger partial charge in [0.15, 0.2) is 5.76 Å². The van der Waals surface area contributed by atoms with Gasteiger partial charge < -0.3 is 9.84 Å². The van der Waals surface area contributed by atoms with Crippen molar-refractivity contribution in [1.82, 2.24) is 5.16 Å². The van der Waals surface area contributed by atoms with Crippen LogP contribution in [0.15, 0.2) is 52.4 Å². The molecule has 116 valence electrons. The molecular formula is C17H13ClN2O2S. The molecule has 6 heteroatoms. The Bertz CT molecular complexity index is 853. The molecule has 0 radical (unpaired) electrons. The van der Waals surface area contributed by atoms with Gasteiger partial charge in [0.05, 0.1) is 16.0 Å². The molecule has 1 amide bonds. The number of aromatic nitrogens is 1. The van der Waals surface area contributed by atoms with Crippen molar-refractivity contribution in [3.63, 3.8) is 0 Å². The lowest BCUT2D eigenvalue weighted by Gasteiger charge is -2.12. The number of benzene rings is 1. The zero-order valence-corrected chi connectivity index (χ0v) is 13.7. The average molecular weight is 345 g/mol. The van der Waals surface area contributed by atoms with Crippen molar-refractivity contribution in [3.05, 3.63) is 58.6 Å². The standard InChI is InChI=1S/C17H13ClN2O2S/c18-11-3-1-4-12(9-11)19-16(21)17(6-7-17)15-10-13(22-20-15)14-5-2-8-23-14/h1-5,8-10H,6-7H2,(H,19,21). The van der Waals surface area contributed by atoms with Gasteiger partial charge in [-0.05, 0) is 42.5 Å². The Balaban J connectivity index is 1.57. The van der Waals surface area contributed by atoms with Crippen molar-refractivity contribution in [2.45, 2.75) is 18.3 Å². The number of anilines is 1. The maximum absolute atomic E-state index is 12.7. The van der Waals surface area contributed by atoms with Crippen LogP contribution in [-0.2, 0) is 10.2 Å². The molecule has 1 N–H and O–H groups in total. The predicted molar refractivity (Wildman–Crippen MR) is 90.8 cm³/mol. The van der Waals surface area contributed by atoms with E-state index < -0.39 is 5.41 Å². The van der Waals surface area contributed by atoms with Crippen LogP contribution in [0.3, 0.4) is 0 Å². The predicted octanol–water partition coefficient (Wildman–Crippen LogP) is 4.73. The van der Waals surface area contributed by atoms with Crippen molar-refractivity contribution in [2.75, 3.05) is 5.32 Å². The quantitative estimate of drug-likeness (QED) is 0.744. The number of nitrogens with zero attached hydrogens (tertiary/aromatic N) is 1. The summed E-state index contributed by atoms with van der Waals surface area (Å²) < 4.78 is 5.41. The summed E-state index contributed by atoms with van der Waals surface area (Å²) in [5.41, 5.74) is 0.803. The first-order valence-electron chi connectivity index (χ1n) is 7.25. The number of carbonyl (C=O) groups is 1. The molecular weight excluding hydrogens is 332 g/mol. The van der Waals surface area contributed by atoms with Crippen molar-refractivity contribution < 1.29 is 9.32 Å². The molecule has 1 saturated carbocycles. The summed E-state index contributed by atoms with van der Waals surface area (Å²) in [6, 6.07) is 12.9. The number of rotatable bonds is 4. The third-order valence-corrected chi connectivity index (χ3v) is 5.15. The number of hydrogen-bond donors (Lipinski definition) is 1. The van der Waals surface area contributed by atoms with E-state index in [1.807, 2.05) is 35.7 Å². The maximum atomic E-state index is 12.7. The van der Waals surface area contributed by atoms with E-state index in [1.54, 1.807) is 23.5 Å². The van der Waals surface area contributed by atoms with Gasteiger partial charge in [-0.2, -0.15) is 0 Å². The van der Waals surface area contributed by atoms with Gasteiger partial charge in [0, 0.05) is 16.8 Å². The zero-order valence-electron chi connectivity index (χ0n) is 12.1. The van der Waals surface area contributed by atoms with Crippen LogP contribution in [-0.4, -0.2) is 11.1 Å². The summed E-state index contributed by atoms with van der Waals surface area (Å²) in [5, 5.41) is 9.63. The number of halogens is 1. The molecule has 23 heavy (non-hydrogen) atoms. The van der Waals surface area contributed by atoms with Gasteiger partial charge in [0.2, 0.25) is 5.91 Å². The Morgan fingerprint density at radius 3 is 2.83 bits per heavy atom. The van der Waals surface area contributed by atoms with Crippen LogP contribution in [0.2, 0.25) is 5.02 Å². The van der Waals surface area contributed by atoms with Crippen LogP contribution >= 0.6 is 22.9 Å². The average Bonchev–Trinajstić information content (AvgIpc) is 2.98. The zero-order chi connectivity index (χ0) is 15.9. The van der Waals surface area contributed by atoms with E-state index in [9.17, 15) is 4.79 Å². The minimum Gasteiger partial charge on any atom is -0.355 e. The number of hydrogen-bond acceptors (Lipinski definition) is 4. The first-order chi connectivity index (χ1) is 11.2. The normalized spacial score (nSPS) is 15.3. The number of thiophene rings is 1. The molecule has 1 aromatic carbocycles. The largest absolute Gasteiger partial charge is 0.355 e. The van der Waals surface area contributed by atoms with Gasteiger partial charge in [-0.15, -0.1) is 11.3 Å². The summed E-state index contributed by atoms with van der Waals surface area (Å²) in [6.07, 6.45) is 1.55. The molecule has 0 bridgehead atoms. The second kappa shape index (κ2) is 5.51. The van der Waals surface area contributed by atoms with Gasteiger partial charge in [-0.1, -0.05) is 28.9 Å². The molecule has 1 aliphatic carbocycles. The molecule has 1 aliphatic rings. The van der Waals surface area contributed by atoms with E-state index in [0.29, 0.717) is 22.2 Å². The van der Waals surface area contributed by atoms with Crippen molar-refractivity contribution >= 4 is 34.5 Å². The van der Waals surface area contributed by atoms with Crippen LogP contribution in [0.25, 0.3) is 10.6 Å². The SMILES string of the molecule is O=C(Nc1cccc(Cl)c1)C1(c2cc(-c3cccs3)on2)CC1. The van der Waals surface area contributed by atoms with E-state index in [4.69, 9.17) is 16.1 Å². The Morgan fingerprint density at radius 1 is 1.26 bits per heavy atom. The fourth-order valence-corrected chi connectivity index (χ4v) is 3.44. The highest BCUT2D eigenvalue weighted by Crippen LogP contribution is 2.49. The molecule has 4 rings (SSSR count). The summed E-state index contributed by atoms with van der Waals surface area (Å²) >= 11 is 7.54. The minimum atomic E-state index is -0.582. The fraction of sp³-hybridized carbons (Fsp3) is 0.176. The highest BCUT2D eigenvalue weighted by atomic mass is 35.5. The van der Waals surface area contributed by atoms with Crippen LogP contribution in [0.4, 0.5) is 5.69 Å². The summed E-state index contributed by atoms with van der Waals surface area (Å²) in [6.45, 7) is 0. The third kappa shape index (κ3) is 2.66. The topological polar surface area (TPSA) is 55.1 Å². The second-order valence-corrected chi connectivity index (χ2v) is 6.98. The summed E-state index contributed by atoms with van der Waals surface area (Å²) in [4.78, 5) is 13.7. The molecule has 0 spiro atoms. The third-order valence-electron chi connectivity index (χ3n) is 4.03. The molecule has 1 fully saturated rings. The summed E-state index contributed by atoms with van der Waals surface area (Å²) in [7, 11) is 0. The van der Waals surface area contributed by atoms with Crippen LogP contribution < -0.4 is 5.32 Å². The molecule has 2 aromatic heterocycles. The first-order valence-corrected chi connectivity index (χ1v) is 8.51. The lowest BCUT2D eigenvalue weighted by atomic mass is 10.0. The monoisotopic (exact) mass is 344 g/mol. The molecule has 0 aliphatic heterocycles. The molecule has 0 unspecified atom stereocenters. The van der Waals surface area contributed by atoms with E-state index in [0.717, 1.165) is 17.7 Å². The maximum Gasteiger partial charge on any atom is 0.236 e. The van der Waals surface area contributed by atoms with E-state index in [-0.39, 0.29) is 5.91 Å². The van der Waals surface area contributed by atoms with Gasteiger partial charge >= 0.3 is 0 Å². The molecule has 0 saturated heterocycles. The van der Waals surface area contributed by atoms with E-state index >= 15 is 0 Å². The van der Waals surface area contributed by atoms with Gasteiger partial charge in [0.1, 0.15) is 0 Å². The van der Waals surface area contributed by atoms with Crippen molar-refractivity contribution in [1.29, 1.82) is 0 Å². The van der Waals surface area contributed by atoms with Gasteiger partial charge in [-0.25, -0.2) is 0 Å². The molecule has 4 nitrogen and oxygen atoms in total. The molecule has 0 atom stereocenters. The number of carbonyl (C=O) groups excluding carboxylic acids is 1.